The van der Waals surface area contributed by atoms with E-state index in [1.165, 1.54) is 50.9 Å². The Balaban J connectivity index is 1.83. The second-order valence-electron chi connectivity index (χ2n) is 6.76. The van der Waals surface area contributed by atoms with Crippen LogP contribution in [-0.4, -0.2) is 30.1 Å². The Kier molecular flexibility index (Phi) is 5.74. The maximum Gasteiger partial charge on any atom is 0.250 e. The van der Waals surface area contributed by atoms with E-state index in [0.29, 0.717) is 28.5 Å². The van der Waals surface area contributed by atoms with Crippen molar-refractivity contribution in [2.75, 3.05) is 14.2 Å². The molecule has 33 heavy (non-hydrogen) atoms. The van der Waals surface area contributed by atoms with E-state index in [4.69, 9.17) is 19.9 Å². The Labute approximate surface area is 185 Å². The zero-order chi connectivity index (χ0) is 23.7. The molecule has 0 spiro atoms. The van der Waals surface area contributed by atoms with Gasteiger partial charge in [-0.15, -0.1) is 0 Å². The number of aromatic nitrogens is 2. The van der Waals surface area contributed by atoms with Crippen LogP contribution in [0.5, 0.6) is 23.0 Å². The summed E-state index contributed by atoms with van der Waals surface area (Å²) >= 11 is 0. The Morgan fingerprint density at radius 1 is 0.909 bits per heavy atom. The highest BCUT2D eigenvalue weighted by atomic mass is 19.2. The molecule has 2 aromatic carbocycles. The van der Waals surface area contributed by atoms with Gasteiger partial charge in [-0.05, 0) is 30.3 Å². The van der Waals surface area contributed by atoms with Gasteiger partial charge in [-0.2, -0.15) is 4.39 Å². The minimum absolute atomic E-state index is 0.00145. The quantitative estimate of drug-likeness (QED) is 0.426. The smallest absolute Gasteiger partial charge is 0.250 e. The van der Waals surface area contributed by atoms with Gasteiger partial charge in [-0.3, -0.25) is 14.8 Å². The summed E-state index contributed by atoms with van der Waals surface area (Å²) < 4.78 is 60.7. The van der Waals surface area contributed by atoms with Crippen molar-refractivity contribution in [2.45, 2.75) is 0 Å². The van der Waals surface area contributed by atoms with Crippen LogP contribution in [0.4, 0.5) is 13.2 Å². The molecule has 1 amide bonds. The molecule has 0 unspecified atom stereocenters. The van der Waals surface area contributed by atoms with Gasteiger partial charge in [0.25, 0.3) is 5.91 Å². The second-order valence-corrected chi connectivity index (χ2v) is 6.76. The first-order valence-electron chi connectivity index (χ1n) is 9.47. The van der Waals surface area contributed by atoms with E-state index >= 15 is 0 Å². The summed E-state index contributed by atoms with van der Waals surface area (Å²) in [4.78, 5) is 19.7. The summed E-state index contributed by atoms with van der Waals surface area (Å²) in [5.74, 6) is -5.44. The molecule has 7 nitrogen and oxygen atoms in total. The van der Waals surface area contributed by atoms with Crippen LogP contribution in [0, 0.1) is 17.5 Å². The zero-order valence-corrected chi connectivity index (χ0v) is 17.4. The first-order chi connectivity index (χ1) is 15.8. The highest BCUT2D eigenvalue weighted by molar-refractivity contribution is 5.98. The van der Waals surface area contributed by atoms with Crippen LogP contribution in [0.2, 0.25) is 0 Å². The molecule has 0 saturated carbocycles. The molecule has 10 heteroatoms. The summed E-state index contributed by atoms with van der Waals surface area (Å²) in [6, 6.07) is 7.80. The normalized spacial score (nSPS) is 10.8. The van der Waals surface area contributed by atoms with Gasteiger partial charge in [0.05, 0.1) is 31.0 Å². The molecule has 0 bridgehead atoms. The highest BCUT2D eigenvalue weighted by Crippen LogP contribution is 2.39. The molecule has 4 rings (SSSR count). The third-order valence-corrected chi connectivity index (χ3v) is 4.86. The number of primary amides is 1. The number of nitrogens with zero attached hydrogens (tertiary/aromatic N) is 2. The SMILES string of the molecule is COc1cc2nccc(Oc3c(F)cc(-c4ncccc4C(N)=O)c(F)c3F)c2cc1OC. The molecule has 0 aliphatic rings. The number of halogens is 3. The fraction of sp³-hybridized carbons (Fsp3) is 0.0870. The Hall–Kier alpha value is -4.34. The number of methoxy groups -OCH3 is 2. The van der Waals surface area contributed by atoms with Crippen molar-refractivity contribution in [3.63, 3.8) is 0 Å². The van der Waals surface area contributed by atoms with Crippen molar-refractivity contribution in [3.05, 3.63) is 71.8 Å². The van der Waals surface area contributed by atoms with E-state index in [1.54, 1.807) is 6.07 Å². The number of fused-ring (bicyclic) bond motifs is 1. The Morgan fingerprint density at radius 3 is 2.33 bits per heavy atom. The van der Waals surface area contributed by atoms with Crippen molar-refractivity contribution < 1.29 is 32.2 Å². The van der Waals surface area contributed by atoms with Crippen LogP contribution in [0.15, 0.2) is 48.8 Å². The predicted octanol–water partition coefficient (Wildman–Crippen LogP) is 4.62. The minimum atomic E-state index is -1.60. The van der Waals surface area contributed by atoms with Gasteiger partial charge in [-0.1, -0.05) is 0 Å². The summed E-state index contributed by atoms with van der Waals surface area (Å²) in [5.41, 5.74) is 4.61. The van der Waals surface area contributed by atoms with Crippen molar-refractivity contribution in [1.29, 1.82) is 0 Å². The number of pyridine rings is 2. The average Bonchev–Trinajstić information content (AvgIpc) is 2.83. The maximum absolute atomic E-state index is 14.9. The monoisotopic (exact) mass is 455 g/mol. The maximum atomic E-state index is 14.9. The summed E-state index contributed by atoms with van der Waals surface area (Å²) in [7, 11) is 2.87. The van der Waals surface area contributed by atoms with Crippen LogP contribution >= 0.6 is 0 Å². The first kappa shape index (κ1) is 21.9. The molecule has 0 aliphatic heterocycles. The third-order valence-electron chi connectivity index (χ3n) is 4.86. The molecule has 4 aromatic rings. The Morgan fingerprint density at radius 2 is 1.64 bits per heavy atom. The molecule has 2 N–H and O–H groups in total. The number of nitrogens with two attached hydrogens (primary N) is 1. The molecule has 2 aromatic heterocycles. The minimum Gasteiger partial charge on any atom is -0.493 e. The number of benzene rings is 2. The van der Waals surface area contributed by atoms with Gasteiger partial charge >= 0.3 is 0 Å². The lowest BCUT2D eigenvalue weighted by atomic mass is 10.0. The predicted molar refractivity (Wildman–Crippen MR) is 113 cm³/mol. The molecule has 0 saturated heterocycles. The number of carbonyl (C=O) groups excluding carboxylic acids is 1. The number of amides is 1. The Bertz CT molecular complexity index is 1400. The summed E-state index contributed by atoms with van der Waals surface area (Å²) in [6.07, 6.45) is 2.60. The fourth-order valence-electron chi connectivity index (χ4n) is 3.31. The molecule has 168 valence electrons. The van der Waals surface area contributed by atoms with Crippen molar-refractivity contribution >= 4 is 16.8 Å². The number of rotatable bonds is 6. The largest absolute Gasteiger partial charge is 0.493 e. The van der Waals surface area contributed by atoms with Gasteiger partial charge in [-0.25, -0.2) is 8.78 Å². The van der Waals surface area contributed by atoms with Crippen LogP contribution < -0.4 is 19.9 Å². The molecular formula is C23H16F3N3O4. The molecule has 2 heterocycles. The second kappa shape index (κ2) is 8.65. The lowest BCUT2D eigenvalue weighted by Crippen LogP contribution is -2.13. The van der Waals surface area contributed by atoms with Gasteiger partial charge < -0.3 is 19.9 Å². The fourth-order valence-corrected chi connectivity index (χ4v) is 3.31. The lowest BCUT2D eigenvalue weighted by molar-refractivity contribution is 0.100. The van der Waals surface area contributed by atoms with Crippen molar-refractivity contribution in [2.24, 2.45) is 5.73 Å². The third kappa shape index (κ3) is 3.86. The summed E-state index contributed by atoms with van der Waals surface area (Å²) in [5, 5.41) is 0.346. The van der Waals surface area contributed by atoms with Gasteiger partial charge in [0.15, 0.2) is 23.1 Å². The van der Waals surface area contributed by atoms with Crippen LogP contribution in [0.25, 0.3) is 22.2 Å². The molecule has 0 fully saturated rings. The van der Waals surface area contributed by atoms with Crippen molar-refractivity contribution in [3.8, 4) is 34.3 Å². The summed E-state index contributed by atoms with van der Waals surface area (Å²) in [6.45, 7) is 0. The molecule has 0 radical (unpaired) electrons. The lowest BCUT2D eigenvalue weighted by Gasteiger charge is -2.14. The molecule has 0 aliphatic carbocycles. The molecule has 0 atom stereocenters. The average molecular weight is 455 g/mol. The van der Waals surface area contributed by atoms with E-state index in [-0.39, 0.29) is 17.0 Å². The van der Waals surface area contributed by atoms with E-state index in [1.807, 2.05) is 0 Å². The number of ether oxygens (including phenoxy) is 3. The van der Waals surface area contributed by atoms with Crippen LogP contribution in [0.1, 0.15) is 10.4 Å². The highest BCUT2D eigenvalue weighted by Gasteiger charge is 2.25. The van der Waals surface area contributed by atoms with E-state index in [0.717, 1.165) is 0 Å². The van der Waals surface area contributed by atoms with Gasteiger partial charge in [0.2, 0.25) is 11.6 Å². The standard InChI is InChI=1S/C23H16F3N3O4/c1-31-17-9-12-15(10-18(17)32-2)28-7-5-16(12)33-22-14(24)8-13(19(25)20(22)26)21-11(23(27)30)4-3-6-29-21/h3-10H,1-2H3,(H2,27,30). The van der Waals surface area contributed by atoms with Crippen molar-refractivity contribution in [1.82, 2.24) is 9.97 Å². The van der Waals surface area contributed by atoms with E-state index < -0.39 is 34.7 Å². The number of hydrogen-bond acceptors (Lipinski definition) is 6. The van der Waals surface area contributed by atoms with Crippen LogP contribution in [0.3, 0.4) is 0 Å². The van der Waals surface area contributed by atoms with Crippen LogP contribution in [-0.2, 0) is 0 Å². The van der Waals surface area contributed by atoms with Gasteiger partial charge in [0, 0.05) is 29.4 Å². The molecular weight excluding hydrogens is 439 g/mol. The topological polar surface area (TPSA) is 96.6 Å². The van der Waals surface area contributed by atoms with Gasteiger partial charge in [0.1, 0.15) is 5.75 Å². The van der Waals surface area contributed by atoms with E-state index in [9.17, 15) is 18.0 Å². The zero-order valence-electron chi connectivity index (χ0n) is 17.4. The first-order valence-corrected chi connectivity index (χ1v) is 9.47. The number of carbonyl (C=O) groups is 1. The van der Waals surface area contributed by atoms with E-state index in [2.05, 4.69) is 9.97 Å². The number of hydrogen-bond donors (Lipinski definition) is 1.